The van der Waals surface area contributed by atoms with Crippen LogP contribution < -0.4 is 5.32 Å². The zero-order valence-electron chi connectivity index (χ0n) is 13.0. The molecule has 3 rings (SSSR count). The fourth-order valence-corrected chi connectivity index (χ4v) is 3.72. The second-order valence-corrected chi connectivity index (χ2v) is 6.89. The van der Waals surface area contributed by atoms with Gasteiger partial charge in [0.05, 0.1) is 0 Å². The molecule has 22 heavy (non-hydrogen) atoms. The van der Waals surface area contributed by atoms with Crippen molar-refractivity contribution in [2.75, 3.05) is 25.4 Å². The third-order valence-corrected chi connectivity index (χ3v) is 4.89. The van der Waals surface area contributed by atoms with Crippen LogP contribution >= 0.6 is 11.8 Å². The van der Waals surface area contributed by atoms with Crippen molar-refractivity contribution >= 4 is 11.8 Å². The van der Waals surface area contributed by atoms with Crippen molar-refractivity contribution in [1.29, 1.82) is 0 Å². The van der Waals surface area contributed by atoms with Crippen LogP contribution in [0.3, 0.4) is 0 Å². The molecule has 2 aromatic rings. The van der Waals surface area contributed by atoms with Crippen LogP contribution in [0.25, 0.3) is 0 Å². The Labute approximate surface area is 137 Å². The second kappa shape index (κ2) is 7.77. The molecular formula is C18H23N3S. The smallest absolute Gasteiger partial charge is 0.0491 e. The Bertz CT molecular complexity index is 588. The topological polar surface area (TPSA) is 28.2 Å². The molecule has 1 fully saturated rings. The van der Waals surface area contributed by atoms with Crippen LogP contribution in [0.4, 0.5) is 0 Å². The maximum Gasteiger partial charge on any atom is 0.0491 e. The van der Waals surface area contributed by atoms with Crippen molar-refractivity contribution in [3.8, 4) is 0 Å². The first-order chi connectivity index (χ1) is 10.9. The molecule has 1 aromatic heterocycles. The number of hydrogen-bond acceptors (Lipinski definition) is 4. The van der Waals surface area contributed by atoms with E-state index in [1.165, 1.54) is 16.0 Å². The normalized spacial score (nSPS) is 19.2. The van der Waals surface area contributed by atoms with E-state index in [0.717, 1.165) is 31.9 Å². The average Bonchev–Trinajstić information content (AvgIpc) is 2.57. The minimum Gasteiger partial charge on any atom is -0.314 e. The lowest BCUT2D eigenvalue weighted by Gasteiger charge is -2.36. The van der Waals surface area contributed by atoms with Crippen LogP contribution in [-0.2, 0) is 6.54 Å². The quantitative estimate of drug-likeness (QED) is 0.857. The van der Waals surface area contributed by atoms with Crippen molar-refractivity contribution < 1.29 is 0 Å². The van der Waals surface area contributed by atoms with Gasteiger partial charge in [-0.2, -0.15) is 0 Å². The molecule has 2 heterocycles. The largest absolute Gasteiger partial charge is 0.314 e. The van der Waals surface area contributed by atoms with E-state index in [4.69, 9.17) is 0 Å². The van der Waals surface area contributed by atoms with Crippen LogP contribution in [0.15, 0.2) is 53.7 Å². The van der Waals surface area contributed by atoms with Crippen molar-refractivity contribution in [3.63, 3.8) is 0 Å². The second-order valence-electron chi connectivity index (χ2n) is 5.56. The van der Waals surface area contributed by atoms with Crippen LogP contribution in [0.5, 0.6) is 0 Å². The van der Waals surface area contributed by atoms with Crippen LogP contribution in [0, 0.1) is 0 Å². The zero-order chi connectivity index (χ0) is 15.2. The molecule has 0 amide bonds. The monoisotopic (exact) mass is 313 g/mol. The van der Waals surface area contributed by atoms with Gasteiger partial charge in [0.25, 0.3) is 0 Å². The summed E-state index contributed by atoms with van der Waals surface area (Å²) in [4.78, 5) is 8.21. The van der Waals surface area contributed by atoms with E-state index in [1.54, 1.807) is 0 Å². The van der Waals surface area contributed by atoms with Gasteiger partial charge in [0.15, 0.2) is 0 Å². The molecule has 4 heteroatoms. The Morgan fingerprint density at radius 2 is 2.27 bits per heavy atom. The van der Waals surface area contributed by atoms with E-state index in [2.05, 4.69) is 52.5 Å². The number of thioether (sulfide) groups is 1. The van der Waals surface area contributed by atoms with Gasteiger partial charge in [0.1, 0.15) is 0 Å². The lowest BCUT2D eigenvalue weighted by Crippen LogP contribution is -2.45. The number of benzene rings is 1. The van der Waals surface area contributed by atoms with E-state index < -0.39 is 0 Å². The lowest BCUT2D eigenvalue weighted by molar-refractivity contribution is 0.153. The van der Waals surface area contributed by atoms with Gasteiger partial charge >= 0.3 is 0 Å². The van der Waals surface area contributed by atoms with Crippen LogP contribution in [0.1, 0.15) is 24.1 Å². The van der Waals surface area contributed by atoms with Crippen LogP contribution in [0.2, 0.25) is 0 Å². The minimum absolute atomic E-state index is 0.407. The maximum atomic E-state index is 4.28. The first kappa shape index (κ1) is 15.5. The summed E-state index contributed by atoms with van der Waals surface area (Å²) in [7, 11) is 0. The predicted molar refractivity (Wildman–Crippen MR) is 93.1 cm³/mol. The Hall–Kier alpha value is -1.36. The Kier molecular flexibility index (Phi) is 5.48. The molecule has 0 radical (unpaired) electrons. The summed E-state index contributed by atoms with van der Waals surface area (Å²) in [6, 6.07) is 13.6. The standard InChI is InChI=1S/C18H23N3S/c1-2-22-17-7-3-5-15(11-17)14-21-10-9-20-13-18(21)16-6-4-8-19-12-16/h3-8,11-12,18,20H,2,9-10,13-14H2,1H3. The van der Waals surface area contributed by atoms with Gasteiger partial charge in [-0.1, -0.05) is 25.1 Å². The van der Waals surface area contributed by atoms with Crippen molar-refractivity contribution in [3.05, 3.63) is 59.9 Å². The summed E-state index contributed by atoms with van der Waals surface area (Å²) in [5.41, 5.74) is 2.70. The molecule has 1 atom stereocenters. The fraction of sp³-hybridized carbons (Fsp3) is 0.389. The Morgan fingerprint density at radius 3 is 3.09 bits per heavy atom. The van der Waals surface area contributed by atoms with E-state index in [0.29, 0.717) is 6.04 Å². The Balaban J connectivity index is 1.75. The highest BCUT2D eigenvalue weighted by Gasteiger charge is 2.23. The summed E-state index contributed by atoms with van der Waals surface area (Å²) in [5, 5.41) is 3.51. The molecule has 1 aromatic carbocycles. The molecule has 3 nitrogen and oxygen atoms in total. The molecular weight excluding hydrogens is 290 g/mol. The average molecular weight is 313 g/mol. The molecule has 1 aliphatic heterocycles. The summed E-state index contributed by atoms with van der Waals surface area (Å²) in [6.07, 6.45) is 3.84. The first-order valence-corrected chi connectivity index (χ1v) is 8.92. The van der Waals surface area contributed by atoms with Gasteiger partial charge in [-0.3, -0.25) is 9.88 Å². The highest BCUT2D eigenvalue weighted by atomic mass is 32.2. The molecule has 1 unspecified atom stereocenters. The van der Waals surface area contributed by atoms with Gasteiger partial charge in [-0.05, 0) is 35.1 Å². The fourth-order valence-electron chi connectivity index (χ4n) is 2.97. The SMILES string of the molecule is CCSc1cccc(CN2CCNCC2c2cccnc2)c1. The first-order valence-electron chi connectivity index (χ1n) is 7.93. The van der Waals surface area contributed by atoms with E-state index in [1.807, 2.05) is 30.2 Å². The number of aromatic nitrogens is 1. The number of pyridine rings is 1. The molecule has 0 saturated carbocycles. The van der Waals surface area contributed by atoms with E-state index in [9.17, 15) is 0 Å². The molecule has 1 saturated heterocycles. The highest BCUT2D eigenvalue weighted by molar-refractivity contribution is 7.99. The zero-order valence-corrected chi connectivity index (χ0v) is 13.9. The number of rotatable bonds is 5. The lowest BCUT2D eigenvalue weighted by atomic mass is 10.0. The number of nitrogens with one attached hydrogen (secondary N) is 1. The summed E-state index contributed by atoms with van der Waals surface area (Å²) in [6.45, 7) is 6.32. The van der Waals surface area contributed by atoms with Gasteiger partial charge < -0.3 is 5.32 Å². The van der Waals surface area contributed by atoms with Crippen LogP contribution in [-0.4, -0.2) is 35.3 Å². The summed E-state index contributed by atoms with van der Waals surface area (Å²) in [5.74, 6) is 1.12. The van der Waals surface area contributed by atoms with Gasteiger partial charge in [-0.15, -0.1) is 11.8 Å². The molecule has 1 aliphatic rings. The van der Waals surface area contributed by atoms with Crippen molar-refractivity contribution in [2.45, 2.75) is 24.4 Å². The number of nitrogens with zero attached hydrogens (tertiary/aromatic N) is 2. The predicted octanol–water partition coefficient (Wildman–Crippen LogP) is 3.34. The maximum absolute atomic E-state index is 4.28. The third kappa shape index (κ3) is 3.88. The molecule has 0 aliphatic carbocycles. The third-order valence-electron chi connectivity index (χ3n) is 4.02. The van der Waals surface area contributed by atoms with Crippen molar-refractivity contribution in [2.24, 2.45) is 0 Å². The number of hydrogen-bond donors (Lipinski definition) is 1. The molecule has 116 valence electrons. The summed E-state index contributed by atoms with van der Waals surface area (Å²) < 4.78 is 0. The highest BCUT2D eigenvalue weighted by Crippen LogP contribution is 2.25. The van der Waals surface area contributed by atoms with Gasteiger partial charge in [0.2, 0.25) is 0 Å². The Morgan fingerprint density at radius 1 is 1.32 bits per heavy atom. The number of piperazine rings is 1. The van der Waals surface area contributed by atoms with Crippen molar-refractivity contribution in [1.82, 2.24) is 15.2 Å². The molecule has 0 bridgehead atoms. The minimum atomic E-state index is 0.407. The summed E-state index contributed by atoms with van der Waals surface area (Å²) >= 11 is 1.91. The van der Waals surface area contributed by atoms with E-state index >= 15 is 0 Å². The van der Waals surface area contributed by atoms with Gasteiger partial charge in [0, 0.05) is 49.5 Å². The van der Waals surface area contributed by atoms with E-state index in [-0.39, 0.29) is 0 Å². The molecule has 0 spiro atoms. The molecule has 1 N–H and O–H groups in total. The van der Waals surface area contributed by atoms with Gasteiger partial charge in [-0.25, -0.2) is 0 Å².